The molecule has 0 unspecified atom stereocenters. The third-order valence-electron chi connectivity index (χ3n) is 4.22. The number of carbonyl (C=O) groups excluding carboxylic acids is 1. The Morgan fingerprint density at radius 3 is 2.81 bits per heavy atom. The van der Waals surface area contributed by atoms with Crippen LogP contribution in [0.1, 0.15) is 17.0 Å². The maximum atomic E-state index is 12.3. The molecule has 1 saturated heterocycles. The van der Waals surface area contributed by atoms with E-state index in [9.17, 15) is 4.79 Å². The van der Waals surface area contributed by atoms with Crippen molar-refractivity contribution in [3.8, 4) is 0 Å². The number of anilines is 2. The predicted octanol–water partition coefficient (Wildman–Crippen LogP) is 0.791. The summed E-state index contributed by atoms with van der Waals surface area (Å²) in [6, 6.07) is 3.41. The second-order valence-corrected chi connectivity index (χ2v) is 6.48. The van der Waals surface area contributed by atoms with E-state index in [-0.39, 0.29) is 5.91 Å². The number of nitrogens with one attached hydrogen (secondary N) is 1. The van der Waals surface area contributed by atoms with Gasteiger partial charge in [-0.25, -0.2) is 0 Å². The Kier molecular flexibility index (Phi) is 6.00. The highest BCUT2D eigenvalue weighted by Crippen LogP contribution is 2.14. The van der Waals surface area contributed by atoms with Crippen molar-refractivity contribution in [1.82, 2.24) is 25.0 Å². The lowest BCUT2D eigenvalue weighted by Crippen LogP contribution is -2.49. The molecule has 1 aliphatic rings. The monoisotopic (exact) mass is 359 g/mol. The Morgan fingerprint density at radius 1 is 1.31 bits per heavy atom. The molecule has 0 saturated carbocycles. The van der Waals surface area contributed by atoms with Crippen molar-refractivity contribution in [3.05, 3.63) is 30.4 Å². The number of piperazine rings is 1. The average molecular weight is 359 g/mol. The zero-order valence-corrected chi connectivity index (χ0v) is 15.3. The molecule has 9 heteroatoms. The predicted molar refractivity (Wildman–Crippen MR) is 98.3 cm³/mol. The number of hydrogen-bond acceptors (Lipinski definition) is 8. The summed E-state index contributed by atoms with van der Waals surface area (Å²) in [6.07, 6.45) is 4.18. The molecule has 3 rings (SSSR count). The molecule has 3 heterocycles. The molecule has 2 aromatic rings. The van der Waals surface area contributed by atoms with Gasteiger partial charge in [0.25, 0.3) is 5.91 Å². The number of furan rings is 1. The summed E-state index contributed by atoms with van der Waals surface area (Å²) >= 11 is 0. The first-order chi connectivity index (χ1) is 12.6. The Labute approximate surface area is 153 Å². The second-order valence-electron chi connectivity index (χ2n) is 6.48. The summed E-state index contributed by atoms with van der Waals surface area (Å²) in [6.45, 7) is 4.38. The molecular weight excluding hydrogens is 334 g/mol. The Hall–Kier alpha value is -2.68. The summed E-state index contributed by atoms with van der Waals surface area (Å²) < 4.78 is 5.19. The molecule has 0 bridgehead atoms. The normalized spacial score (nSPS) is 14.7. The number of amides is 1. The number of aromatic nitrogens is 3. The fourth-order valence-electron chi connectivity index (χ4n) is 2.79. The van der Waals surface area contributed by atoms with Crippen molar-refractivity contribution >= 4 is 17.7 Å². The van der Waals surface area contributed by atoms with Crippen LogP contribution in [0.4, 0.5) is 11.8 Å². The smallest absolute Gasteiger partial charge is 0.289 e. The Balaban J connectivity index is 1.51. The quantitative estimate of drug-likeness (QED) is 0.726. The first kappa shape index (κ1) is 18.1. The van der Waals surface area contributed by atoms with Gasteiger partial charge < -0.3 is 24.4 Å². The van der Waals surface area contributed by atoms with Gasteiger partial charge in [0.1, 0.15) is 0 Å². The topological polar surface area (TPSA) is 90.6 Å². The summed E-state index contributed by atoms with van der Waals surface area (Å²) in [5.41, 5.74) is 0. The van der Waals surface area contributed by atoms with Crippen molar-refractivity contribution in [1.29, 1.82) is 0 Å². The standard InChI is InChI=1S/C17H25N7O2/c1-22(2)7-4-6-18-15-13-19-21-17(20-15)24-10-8-23(9-11-24)16(25)14-5-3-12-26-14/h3,5,12-13H,4,6-11H2,1-2H3,(H,18,20,21). The van der Waals surface area contributed by atoms with Gasteiger partial charge in [-0.3, -0.25) is 4.79 Å². The third-order valence-corrected chi connectivity index (χ3v) is 4.22. The van der Waals surface area contributed by atoms with Crippen LogP contribution in [-0.4, -0.2) is 84.3 Å². The van der Waals surface area contributed by atoms with E-state index < -0.39 is 0 Å². The van der Waals surface area contributed by atoms with Crippen LogP contribution in [0.3, 0.4) is 0 Å². The maximum absolute atomic E-state index is 12.3. The van der Waals surface area contributed by atoms with E-state index in [0.29, 0.717) is 37.9 Å². The summed E-state index contributed by atoms with van der Waals surface area (Å²) in [5.74, 6) is 1.61. The Morgan fingerprint density at radius 2 is 2.12 bits per heavy atom. The van der Waals surface area contributed by atoms with Crippen molar-refractivity contribution in [2.45, 2.75) is 6.42 Å². The van der Waals surface area contributed by atoms with E-state index >= 15 is 0 Å². The fraction of sp³-hybridized carbons (Fsp3) is 0.529. The van der Waals surface area contributed by atoms with E-state index in [4.69, 9.17) is 4.42 Å². The molecule has 0 aromatic carbocycles. The van der Waals surface area contributed by atoms with Gasteiger partial charge in [-0.15, -0.1) is 5.10 Å². The van der Waals surface area contributed by atoms with E-state index in [1.54, 1.807) is 23.2 Å². The van der Waals surface area contributed by atoms with Crippen molar-refractivity contribution < 1.29 is 9.21 Å². The van der Waals surface area contributed by atoms with E-state index in [1.165, 1.54) is 6.26 Å². The van der Waals surface area contributed by atoms with Gasteiger partial charge in [-0.1, -0.05) is 0 Å². The summed E-state index contributed by atoms with van der Waals surface area (Å²) in [7, 11) is 4.11. The zero-order valence-electron chi connectivity index (χ0n) is 15.3. The number of nitrogens with zero attached hydrogens (tertiary/aromatic N) is 6. The van der Waals surface area contributed by atoms with Crippen LogP contribution in [0.5, 0.6) is 0 Å². The molecule has 0 atom stereocenters. The SMILES string of the molecule is CN(C)CCCNc1cnnc(N2CCN(C(=O)c3ccco3)CC2)n1. The highest BCUT2D eigenvalue weighted by Gasteiger charge is 2.25. The molecule has 26 heavy (non-hydrogen) atoms. The first-order valence-corrected chi connectivity index (χ1v) is 8.79. The number of rotatable bonds is 7. The molecule has 0 spiro atoms. The second kappa shape index (κ2) is 8.61. The molecular formula is C17H25N7O2. The van der Waals surface area contributed by atoms with Gasteiger partial charge in [0.2, 0.25) is 5.95 Å². The van der Waals surface area contributed by atoms with Gasteiger partial charge in [0.05, 0.1) is 12.5 Å². The van der Waals surface area contributed by atoms with Crippen LogP contribution in [0, 0.1) is 0 Å². The molecule has 140 valence electrons. The zero-order chi connectivity index (χ0) is 18.4. The van der Waals surface area contributed by atoms with Crippen LogP contribution < -0.4 is 10.2 Å². The highest BCUT2D eigenvalue weighted by molar-refractivity contribution is 5.91. The molecule has 0 radical (unpaired) electrons. The lowest BCUT2D eigenvalue weighted by molar-refractivity contribution is 0.0714. The molecule has 1 fully saturated rings. The lowest BCUT2D eigenvalue weighted by Gasteiger charge is -2.34. The van der Waals surface area contributed by atoms with Crippen molar-refractivity contribution in [2.24, 2.45) is 0 Å². The van der Waals surface area contributed by atoms with Crippen molar-refractivity contribution in [3.63, 3.8) is 0 Å². The van der Waals surface area contributed by atoms with Gasteiger partial charge in [-0.05, 0) is 39.2 Å². The fourth-order valence-corrected chi connectivity index (χ4v) is 2.79. The van der Waals surface area contributed by atoms with Crippen LogP contribution in [-0.2, 0) is 0 Å². The van der Waals surface area contributed by atoms with Crippen LogP contribution in [0.15, 0.2) is 29.0 Å². The Bertz CT molecular complexity index is 697. The average Bonchev–Trinajstić information content (AvgIpc) is 3.20. The molecule has 1 aliphatic heterocycles. The van der Waals surface area contributed by atoms with Gasteiger partial charge >= 0.3 is 0 Å². The molecule has 2 aromatic heterocycles. The highest BCUT2D eigenvalue weighted by atomic mass is 16.3. The molecule has 1 N–H and O–H groups in total. The minimum Gasteiger partial charge on any atom is -0.459 e. The molecule has 0 aliphatic carbocycles. The van der Waals surface area contributed by atoms with E-state index in [2.05, 4.69) is 39.5 Å². The molecule has 9 nitrogen and oxygen atoms in total. The van der Waals surface area contributed by atoms with Crippen LogP contribution >= 0.6 is 0 Å². The minimum absolute atomic E-state index is 0.0787. The lowest BCUT2D eigenvalue weighted by atomic mass is 10.3. The van der Waals surface area contributed by atoms with Crippen LogP contribution in [0.2, 0.25) is 0 Å². The van der Waals surface area contributed by atoms with Gasteiger partial charge in [0, 0.05) is 32.7 Å². The van der Waals surface area contributed by atoms with Gasteiger partial charge in [-0.2, -0.15) is 10.1 Å². The minimum atomic E-state index is -0.0787. The van der Waals surface area contributed by atoms with Gasteiger partial charge in [0.15, 0.2) is 11.6 Å². The summed E-state index contributed by atoms with van der Waals surface area (Å²) in [4.78, 5) is 22.8. The van der Waals surface area contributed by atoms with E-state index in [0.717, 1.165) is 25.3 Å². The maximum Gasteiger partial charge on any atom is 0.289 e. The van der Waals surface area contributed by atoms with E-state index in [1.807, 2.05) is 4.90 Å². The summed E-state index contributed by atoms with van der Waals surface area (Å²) in [5, 5.41) is 11.5. The largest absolute Gasteiger partial charge is 0.459 e. The van der Waals surface area contributed by atoms with Crippen molar-refractivity contribution in [2.75, 3.05) is 63.6 Å². The first-order valence-electron chi connectivity index (χ1n) is 8.79. The number of hydrogen-bond donors (Lipinski definition) is 1. The third kappa shape index (κ3) is 4.69. The van der Waals surface area contributed by atoms with Crippen LogP contribution in [0.25, 0.3) is 0 Å². The molecule has 1 amide bonds. The number of carbonyl (C=O) groups is 1.